The number of hydrogen-bond donors (Lipinski definition) is 1. The van der Waals surface area contributed by atoms with Crippen LogP contribution < -0.4 is 9.46 Å². The van der Waals surface area contributed by atoms with Crippen LogP contribution in [0.4, 0.5) is 18.9 Å². The van der Waals surface area contributed by atoms with Crippen molar-refractivity contribution in [3.63, 3.8) is 0 Å². The lowest BCUT2D eigenvalue weighted by Crippen LogP contribution is -2.11. The molecule has 0 spiro atoms. The van der Waals surface area contributed by atoms with Crippen LogP contribution in [0.3, 0.4) is 0 Å². The first-order chi connectivity index (χ1) is 12.2. The molecule has 6 nitrogen and oxygen atoms in total. The van der Waals surface area contributed by atoms with Crippen molar-refractivity contribution in [3.05, 3.63) is 48.2 Å². The van der Waals surface area contributed by atoms with E-state index in [1.807, 2.05) is 0 Å². The number of halogens is 3. The zero-order valence-electron chi connectivity index (χ0n) is 13.1. The minimum Gasteiger partial charge on any atom is -0.497 e. The molecule has 0 amide bonds. The number of rotatable bonds is 5. The van der Waals surface area contributed by atoms with E-state index in [0.717, 1.165) is 17.4 Å². The number of nitrogens with one attached hydrogen (secondary N) is 1. The van der Waals surface area contributed by atoms with Gasteiger partial charge in [-0.05, 0) is 36.4 Å². The van der Waals surface area contributed by atoms with E-state index in [0.29, 0.717) is 11.4 Å². The molecule has 0 bridgehead atoms. The van der Waals surface area contributed by atoms with Crippen molar-refractivity contribution in [1.82, 2.24) is 5.16 Å². The molecule has 0 aliphatic heterocycles. The highest BCUT2D eigenvalue weighted by atomic mass is 32.2. The van der Waals surface area contributed by atoms with Crippen molar-refractivity contribution in [2.45, 2.75) is 10.4 Å². The van der Waals surface area contributed by atoms with Gasteiger partial charge >= 0.3 is 6.18 Å². The van der Waals surface area contributed by atoms with Gasteiger partial charge in [-0.2, -0.15) is 13.2 Å². The van der Waals surface area contributed by atoms with Crippen LogP contribution in [0.25, 0.3) is 10.6 Å². The average molecular weight is 404 g/mol. The van der Waals surface area contributed by atoms with Gasteiger partial charge in [0.05, 0.1) is 12.0 Å². The SMILES string of the molecule is COc1ccc(NS(=O)(=O)c2ccc(-c3cc(C(F)(F)F)on3)s2)cc1. The summed E-state index contributed by atoms with van der Waals surface area (Å²) in [5.41, 5.74) is 0.231. The Labute approximate surface area is 150 Å². The van der Waals surface area contributed by atoms with Crippen molar-refractivity contribution >= 4 is 27.0 Å². The maximum Gasteiger partial charge on any atom is 0.452 e. The second kappa shape index (κ2) is 6.65. The van der Waals surface area contributed by atoms with Crippen LogP contribution in [0, 0.1) is 0 Å². The van der Waals surface area contributed by atoms with Gasteiger partial charge in [0, 0.05) is 11.8 Å². The fourth-order valence-corrected chi connectivity index (χ4v) is 4.31. The first kappa shape index (κ1) is 18.3. The third-order valence-electron chi connectivity index (χ3n) is 3.23. The molecule has 0 aliphatic rings. The summed E-state index contributed by atoms with van der Waals surface area (Å²) >= 11 is 0.779. The molecule has 0 aliphatic carbocycles. The summed E-state index contributed by atoms with van der Waals surface area (Å²) < 4.78 is 74.1. The molecule has 26 heavy (non-hydrogen) atoms. The van der Waals surface area contributed by atoms with Gasteiger partial charge in [-0.25, -0.2) is 8.42 Å². The molecule has 11 heteroatoms. The number of ether oxygens (including phenoxy) is 1. The largest absolute Gasteiger partial charge is 0.497 e. The smallest absolute Gasteiger partial charge is 0.452 e. The molecule has 0 fully saturated rings. The standard InChI is InChI=1S/C15H11F3N2O4S2/c1-23-10-4-2-9(3-5-10)20-26(21,22)14-7-6-12(25-14)11-8-13(24-19-11)15(16,17)18/h2-8,20H,1H3. The number of aromatic nitrogens is 1. The van der Waals surface area contributed by atoms with Crippen molar-refractivity contribution in [2.24, 2.45) is 0 Å². The predicted molar refractivity (Wildman–Crippen MR) is 88.6 cm³/mol. The molecule has 1 aromatic carbocycles. The van der Waals surface area contributed by atoms with Gasteiger partial charge in [-0.15, -0.1) is 11.3 Å². The fraction of sp³-hybridized carbons (Fsp3) is 0.133. The Bertz CT molecular complexity index is 1010. The van der Waals surface area contributed by atoms with Gasteiger partial charge in [-0.3, -0.25) is 4.72 Å². The van der Waals surface area contributed by atoms with E-state index < -0.39 is 22.0 Å². The van der Waals surface area contributed by atoms with Crippen molar-refractivity contribution < 1.29 is 30.8 Å². The summed E-state index contributed by atoms with van der Waals surface area (Å²) in [4.78, 5) is 0.236. The van der Waals surface area contributed by atoms with E-state index >= 15 is 0 Å². The van der Waals surface area contributed by atoms with Gasteiger partial charge in [-0.1, -0.05) is 5.16 Å². The highest BCUT2D eigenvalue weighted by Gasteiger charge is 2.36. The lowest BCUT2D eigenvalue weighted by atomic mass is 10.3. The van der Waals surface area contributed by atoms with Crippen LogP contribution in [-0.4, -0.2) is 20.7 Å². The Balaban J connectivity index is 1.82. The first-order valence-electron chi connectivity index (χ1n) is 7.00. The van der Waals surface area contributed by atoms with Crippen LogP contribution >= 0.6 is 11.3 Å². The Morgan fingerprint density at radius 3 is 2.42 bits per heavy atom. The molecule has 3 aromatic rings. The minimum absolute atomic E-state index is 0.0696. The lowest BCUT2D eigenvalue weighted by Gasteiger charge is -2.06. The minimum atomic E-state index is -4.66. The Hall–Kier alpha value is -2.53. The van der Waals surface area contributed by atoms with E-state index in [9.17, 15) is 21.6 Å². The number of anilines is 1. The summed E-state index contributed by atoms with van der Waals surface area (Å²) in [6.45, 7) is 0. The summed E-state index contributed by atoms with van der Waals surface area (Å²) in [5.74, 6) is -0.681. The van der Waals surface area contributed by atoms with Crippen molar-refractivity contribution in [1.29, 1.82) is 0 Å². The monoisotopic (exact) mass is 404 g/mol. The molecule has 0 saturated heterocycles. The topological polar surface area (TPSA) is 81.4 Å². The summed E-state index contributed by atoms with van der Waals surface area (Å²) in [7, 11) is -2.41. The zero-order valence-corrected chi connectivity index (χ0v) is 14.7. The second-order valence-electron chi connectivity index (χ2n) is 5.03. The maximum absolute atomic E-state index is 12.6. The Morgan fingerprint density at radius 2 is 1.85 bits per heavy atom. The lowest BCUT2D eigenvalue weighted by molar-refractivity contribution is -0.155. The molecule has 3 rings (SSSR count). The van der Waals surface area contributed by atoms with E-state index in [1.165, 1.54) is 31.4 Å². The van der Waals surface area contributed by atoms with Gasteiger partial charge in [0.2, 0.25) is 5.76 Å². The van der Waals surface area contributed by atoms with Gasteiger partial charge in [0.25, 0.3) is 10.0 Å². The maximum atomic E-state index is 12.6. The predicted octanol–water partition coefficient (Wildman–Crippen LogP) is 4.23. The number of benzene rings is 1. The molecule has 138 valence electrons. The van der Waals surface area contributed by atoms with Crippen LogP contribution in [0.2, 0.25) is 0 Å². The highest BCUT2D eigenvalue weighted by Crippen LogP contribution is 2.35. The number of nitrogens with zero attached hydrogens (tertiary/aromatic N) is 1. The Kier molecular flexibility index (Phi) is 4.67. The van der Waals surface area contributed by atoms with Crippen LogP contribution in [-0.2, 0) is 16.2 Å². The molecule has 0 unspecified atom stereocenters. The normalized spacial score (nSPS) is 12.2. The van der Waals surface area contributed by atoms with Crippen LogP contribution in [0.15, 0.2) is 51.2 Å². The number of sulfonamides is 1. The van der Waals surface area contributed by atoms with Gasteiger partial charge in [0.15, 0.2) is 0 Å². The first-order valence-corrected chi connectivity index (χ1v) is 9.30. The number of thiophene rings is 1. The second-order valence-corrected chi connectivity index (χ2v) is 8.02. The number of methoxy groups -OCH3 is 1. The van der Waals surface area contributed by atoms with Gasteiger partial charge < -0.3 is 9.26 Å². The van der Waals surface area contributed by atoms with Gasteiger partial charge in [0.1, 0.15) is 15.7 Å². The molecule has 0 radical (unpaired) electrons. The summed E-state index contributed by atoms with van der Waals surface area (Å²) in [6.07, 6.45) is -4.66. The number of alkyl halides is 3. The van der Waals surface area contributed by atoms with Crippen molar-refractivity contribution in [2.75, 3.05) is 11.8 Å². The molecular weight excluding hydrogens is 393 g/mol. The fourth-order valence-electron chi connectivity index (χ4n) is 1.99. The molecule has 0 atom stereocenters. The molecule has 2 heterocycles. The van der Waals surface area contributed by atoms with Crippen LogP contribution in [0.1, 0.15) is 5.76 Å². The van der Waals surface area contributed by atoms with E-state index in [-0.39, 0.29) is 14.8 Å². The van der Waals surface area contributed by atoms with Crippen LogP contribution in [0.5, 0.6) is 5.75 Å². The van der Waals surface area contributed by atoms with E-state index in [1.54, 1.807) is 12.1 Å². The Morgan fingerprint density at radius 1 is 1.15 bits per heavy atom. The molecular formula is C15H11F3N2O4S2. The van der Waals surface area contributed by atoms with E-state index in [2.05, 4.69) is 14.4 Å². The third-order valence-corrected chi connectivity index (χ3v) is 6.21. The molecule has 2 aromatic heterocycles. The summed E-state index contributed by atoms with van der Waals surface area (Å²) in [6, 6.07) is 9.60. The quantitative estimate of drug-likeness (QED) is 0.688. The third kappa shape index (κ3) is 3.83. The summed E-state index contributed by atoms with van der Waals surface area (Å²) in [5, 5.41) is 3.34. The highest BCUT2D eigenvalue weighted by molar-refractivity contribution is 7.94. The molecule has 1 N–H and O–H groups in total. The van der Waals surface area contributed by atoms with Crippen molar-refractivity contribution in [3.8, 4) is 16.3 Å². The number of hydrogen-bond acceptors (Lipinski definition) is 6. The zero-order chi connectivity index (χ0) is 18.9. The molecule has 0 saturated carbocycles. The average Bonchev–Trinajstić information content (AvgIpc) is 3.24. The van der Waals surface area contributed by atoms with E-state index in [4.69, 9.17) is 4.74 Å².